The van der Waals surface area contributed by atoms with Crippen LogP contribution < -0.4 is 9.64 Å². The van der Waals surface area contributed by atoms with E-state index in [1.165, 1.54) is 0 Å². The molecular formula is C11H15Cl2NO. The number of hydrogen-bond donors (Lipinski definition) is 0. The van der Waals surface area contributed by atoms with Crippen molar-refractivity contribution in [2.75, 3.05) is 31.5 Å². The minimum absolute atomic E-state index is 0.575. The van der Waals surface area contributed by atoms with Crippen LogP contribution in [0.3, 0.4) is 0 Å². The van der Waals surface area contributed by atoms with E-state index in [0.29, 0.717) is 5.88 Å². The average Bonchev–Trinajstić information content (AvgIpc) is 2.21. The van der Waals surface area contributed by atoms with Crippen LogP contribution in [0.15, 0.2) is 12.1 Å². The summed E-state index contributed by atoms with van der Waals surface area (Å²) < 4.78 is 5.31. The van der Waals surface area contributed by atoms with Gasteiger partial charge >= 0.3 is 0 Å². The van der Waals surface area contributed by atoms with Crippen LogP contribution in [0.5, 0.6) is 5.75 Å². The van der Waals surface area contributed by atoms with Crippen LogP contribution >= 0.6 is 23.2 Å². The summed E-state index contributed by atoms with van der Waals surface area (Å²) >= 11 is 11.8. The number of anilines is 1. The number of hydrogen-bond acceptors (Lipinski definition) is 2. The lowest BCUT2D eigenvalue weighted by molar-refractivity contribution is 0.414. The minimum Gasteiger partial charge on any atom is -0.495 e. The van der Waals surface area contributed by atoms with Crippen LogP contribution in [0.25, 0.3) is 0 Å². The van der Waals surface area contributed by atoms with Gasteiger partial charge in [0.2, 0.25) is 0 Å². The summed E-state index contributed by atoms with van der Waals surface area (Å²) in [5, 5.41) is 0.743. The first-order valence-corrected chi connectivity index (χ1v) is 5.62. The SMILES string of the molecule is COc1cc(C)c(Cl)cc1N(C)CCCl. The molecule has 0 saturated heterocycles. The molecule has 1 aromatic carbocycles. The maximum atomic E-state index is 6.07. The lowest BCUT2D eigenvalue weighted by Crippen LogP contribution is -2.20. The molecule has 15 heavy (non-hydrogen) atoms. The number of nitrogens with zero attached hydrogens (tertiary/aromatic N) is 1. The van der Waals surface area contributed by atoms with Gasteiger partial charge in [0.1, 0.15) is 5.75 Å². The summed E-state index contributed by atoms with van der Waals surface area (Å²) in [7, 11) is 3.62. The molecule has 0 bridgehead atoms. The van der Waals surface area contributed by atoms with Crippen LogP contribution in [0.2, 0.25) is 5.02 Å². The molecule has 0 amide bonds. The van der Waals surface area contributed by atoms with Gasteiger partial charge in [0, 0.05) is 24.5 Å². The smallest absolute Gasteiger partial charge is 0.142 e. The standard InChI is InChI=1S/C11H15Cl2NO/c1-8-6-11(15-3)10(7-9(8)13)14(2)5-4-12/h6-7H,4-5H2,1-3H3. The number of rotatable bonds is 4. The van der Waals surface area contributed by atoms with Crippen molar-refractivity contribution in [3.8, 4) is 5.75 Å². The van der Waals surface area contributed by atoms with Gasteiger partial charge in [-0.3, -0.25) is 0 Å². The Kier molecular flexibility index (Phi) is 4.55. The van der Waals surface area contributed by atoms with Crippen molar-refractivity contribution in [2.24, 2.45) is 0 Å². The highest BCUT2D eigenvalue weighted by Gasteiger charge is 2.10. The Morgan fingerprint density at radius 1 is 1.40 bits per heavy atom. The first kappa shape index (κ1) is 12.5. The molecule has 4 heteroatoms. The maximum Gasteiger partial charge on any atom is 0.142 e. The predicted molar refractivity (Wildman–Crippen MR) is 66.7 cm³/mol. The molecule has 0 saturated carbocycles. The number of benzene rings is 1. The zero-order chi connectivity index (χ0) is 11.4. The molecule has 0 N–H and O–H groups in total. The van der Waals surface area contributed by atoms with Crippen molar-refractivity contribution in [3.63, 3.8) is 0 Å². The quantitative estimate of drug-likeness (QED) is 0.758. The second-order valence-electron chi connectivity index (χ2n) is 3.38. The minimum atomic E-state index is 0.575. The van der Waals surface area contributed by atoms with Gasteiger partial charge in [-0.25, -0.2) is 0 Å². The number of ether oxygens (including phenoxy) is 1. The number of aryl methyl sites for hydroxylation is 1. The molecule has 84 valence electrons. The summed E-state index contributed by atoms with van der Waals surface area (Å²) in [5.41, 5.74) is 1.98. The Labute approximate surface area is 101 Å². The van der Waals surface area contributed by atoms with Crippen LogP contribution in [0, 0.1) is 6.92 Å². The molecule has 0 unspecified atom stereocenters. The van der Waals surface area contributed by atoms with E-state index in [2.05, 4.69) is 0 Å². The highest BCUT2D eigenvalue weighted by Crippen LogP contribution is 2.32. The van der Waals surface area contributed by atoms with Gasteiger partial charge in [-0.1, -0.05) is 11.6 Å². The molecule has 2 nitrogen and oxygen atoms in total. The van der Waals surface area contributed by atoms with Gasteiger partial charge in [-0.05, 0) is 24.6 Å². The van der Waals surface area contributed by atoms with Crippen molar-refractivity contribution < 1.29 is 4.74 Å². The molecule has 0 heterocycles. The van der Waals surface area contributed by atoms with Gasteiger partial charge in [-0.2, -0.15) is 0 Å². The summed E-state index contributed by atoms with van der Waals surface area (Å²) in [6, 6.07) is 3.84. The zero-order valence-corrected chi connectivity index (χ0v) is 10.7. The Balaban J connectivity index is 3.09. The van der Waals surface area contributed by atoms with E-state index in [4.69, 9.17) is 27.9 Å². The fourth-order valence-electron chi connectivity index (χ4n) is 1.35. The molecule has 0 atom stereocenters. The topological polar surface area (TPSA) is 12.5 Å². The third-order valence-electron chi connectivity index (χ3n) is 2.29. The number of methoxy groups -OCH3 is 1. The van der Waals surface area contributed by atoms with Crippen LogP contribution in [0.4, 0.5) is 5.69 Å². The van der Waals surface area contributed by atoms with E-state index in [1.54, 1.807) is 7.11 Å². The molecule has 0 spiro atoms. The summed E-state index contributed by atoms with van der Waals surface area (Å²) in [5.74, 6) is 1.40. The maximum absolute atomic E-state index is 6.07. The van der Waals surface area contributed by atoms with E-state index in [1.807, 2.05) is 31.0 Å². The first-order valence-electron chi connectivity index (χ1n) is 4.71. The molecule has 1 rings (SSSR count). The predicted octanol–water partition coefficient (Wildman–Crippen LogP) is 3.33. The molecule has 0 fully saturated rings. The van der Waals surface area contributed by atoms with E-state index >= 15 is 0 Å². The number of halogens is 2. The summed E-state index contributed by atoms with van der Waals surface area (Å²) in [6.45, 7) is 2.72. The molecule has 0 radical (unpaired) electrons. The van der Waals surface area contributed by atoms with E-state index in [-0.39, 0.29) is 0 Å². The van der Waals surface area contributed by atoms with E-state index in [0.717, 1.165) is 28.6 Å². The van der Waals surface area contributed by atoms with Gasteiger partial charge in [0.15, 0.2) is 0 Å². The molecule has 0 aliphatic carbocycles. The Morgan fingerprint density at radius 3 is 2.60 bits per heavy atom. The lowest BCUT2D eigenvalue weighted by Gasteiger charge is -2.21. The monoisotopic (exact) mass is 247 g/mol. The van der Waals surface area contributed by atoms with Gasteiger partial charge in [0.25, 0.3) is 0 Å². The zero-order valence-electron chi connectivity index (χ0n) is 9.18. The van der Waals surface area contributed by atoms with Gasteiger partial charge < -0.3 is 9.64 Å². The van der Waals surface area contributed by atoms with Gasteiger partial charge in [-0.15, -0.1) is 11.6 Å². The van der Waals surface area contributed by atoms with Crippen molar-refractivity contribution in [3.05, 3.63) is 22.7 Å². The molecule has 0 aromatic heterocycles. The third-order valence-corrected chi connectivity index (χ3v) is 2.87. The second kappa shape index (κ2) is 5.47. The Bertz CT molecular complexity index is 342. The summed E-state index contributed by atoms with van der Waals surface area (Å²) in [4.78, 5) is 2.02. The fraction of sp³-hybridized carbons (Fsp3) is 0.455. The van der Waals surface area contributed by atoms with Crippen LogP contribution in [-0.2, 0) is 0 Å². The molecule has 1 aromatic rings. The van der Waals surface area contributed by atoms with Crippen LogP contribution in [0.1, 0.15) is 5.56 Å². The normalized spacial score (nSPS) is 10.2. The van der Waals surface area contributed by atoms with Crippen molar-refractivity contribution in [2.45, 2.75) is 6.92 Å². The van der Waals surface area contributed by atoms with E-state index in [9.17, 15) is 0 Å². The highest BCUT2D eigenvalue weighted by atomic mass is 35.5. The average molecular weight is 248 g/mol. The van der Waals surface area contributed by atoms with Crippen molar-refractivity contribution >= 4 is 28.9 Å². The lowest BCUT2D eigenvalue weighted by atomic mass is 10.2. The molecule has 0 aliphatic heterocycles. The second-order valence-corrected chi connectivity index (χ2v) is 4.17. The summed E-state index contributed by atoms with van der Waals surface area (Å²) in [6.07, 6.45) is 0. The highest BCUT2D eigenvalue weighted by molar-refractivity contribution is 6.31. The first-order chi connectivity index (χ1) is 7.10. The fourth-order valence-corrected chi connectivity index (χ4v) is 1.77. The van der Waals surface area contributed by atoms with Crippen molar-refractivity contribution in [1.29, 1.82) is 0 Å². The van der Waals surface area contributed by atoms with Crippen molar-refractivity contribution in [1.82, 2.24) is 0 Å². The molecular weight excluding hydrogens is 233 g/mol. The third kappa shape index (κ3) is 2.93. The number of alkyl halides is 1. The van der Waals surface area contributed by atoms with Crippen LogP contribution in [-0.4, -0.2) is 26.6 Å². The largest absolute Gasteiger partial charge is 0.495 e. The Morgan fingerprint density at radius 2 is 2.07 bits per heavy atom. The van der Waals surface area contributed by atoms with E-state index < -0.39 is 0 Å². The molecule has 0 aliphatic rings. The van der Waals surface area contributed by atoms with Gasteiger partial charge in [0.05, 0.1) is 12.8 Å². The Hall–Kier alpha value is -0.600.